The van der Waals surface area contributed by atoms with Crippen molar-refractivity contribution in [3.8, 4) is 22.9 Å². The minimum absolute atomic E-state index is 0.427. The molecule has 4 aromatic rings. The molecule has 2 aromatic carbocycles. The van der Waals surface area contributed by atoms with Crippen molar-refractivity contribution in [3.63, 3.8) is 0 Å². The molecule has 0 saturated heterocycles. The van der Waals surface area contributed by atoms with Gasteiger partial charge in [-0.25, -0.2) is 0 Å². The Morgan fingerprint density at radius 1 is 1.07 bits per heavy atom. The van der Waals surface area contributed by atoms with E-state index in [4.69, 9.17) is 20.8 Å². The van der Waals surface area contributed by atoms with Crippen molar-refractivity contribution in [1.29, 1.82) is 0 Å². The van der Waals surface area contributed by atoms with E-state index in [0.717, 1.165) is 11.3 Å². The summed E-state index contributed by atoms with van der Waals surface area (Å²) in [5, 5.41) is 21.2. The molecule has 0 bridgehead atoms. The summed E-state index contributed by atoms with van der Waals surface area (Å²) in [6.07, 6.45) is 0. The molecule has 0 aliphatic rings. The van der Waals surface area contributed by atoms with Gasteiger partial charge in [-0.15, -0.1) is 15.3 Å². The molecule has 0 unspecified atom stereocenters. The predicted molar refractivity (Wildman–Crippen MR) is 100 cm³/mol. The Bertz CT molecular complexity index is 1050. The van der Waals surface area contributed by atoms with Crippen LogP contribution in [-0.2, 0) is 5.75 Å². The minimum atomic E-state index is 0.427. The highest BCUT2D eigenvalue weighted by Gasteiger charge is 2.15. The number of thioether (sulfide) groups is 1. The van der Waals surface area contributed by atoms with Crippen LogP contribution >= 0.6 is 23.4 Å². The first kappa shape index (κ1) is 17.5. The average molecular weight is 401 g/mol. The monoisotopic (exact) mass is 400 g/mol. The van der Waals surface area contributed by atoms with E-state index >= 15 is 0 Å². The van der Waals surface area contributed by atoms with E-state index in [1.165, 1.54) is 11.8 Å². The highest BCUT2D eigenvalue weighted by Crippen LogP contribution is 2.28. The highest BCUT2D eigenvalue weighted by atomic mass is 35.5. The van der Waals surface area contributed by atoms with Gasteiger partial charge in [-0.3, -0.25) is 0 Å². The summed E-state index contributed by atoms with van der Waals surface area (Å²) < 4.78 is 12.7. The third kappa shape index (κ3) is 3.79. The number of ether oxygens (including phenoxy) is 1. The fourth-order valence-electron chi connectivity index (χ4n) is 2.37. The quantitative estimate of drug-likeness (QED) is 0.453. The van der Waals surface area contributed by atoms with Crippen LogP contribution in [0, 0.1) is 0 Å². The number of hydrogen-bond donors (Lipinski definition) is 0. The van der Waals surface area contributed by atoms with Crippen LogP contribution in [0.15, 0.2) is 58.1 Å². The van der Waals surface area contributed by atoms with Crippen molar-refractivity contribution in [2.75, 3.05) is 7.11 Å². The maximum Gasteiger partial charge on any atom is 0.247 e. The summed E-state index contributed by atoms with van der Waals surface area (Å²) in [5.41, 5.74) is 1.56. The Morgan fingerprint density at radius 2 is 1.89 bits per heavy atom. The Hall–Kier alpha value is -2.91. The number of tetrazole rings is 1. The van der Waals surface area contributed by atoms with E-state index in [2.05, 4.69) is 25.7 Å². The lowest BCUT2D eigenvalue weighted by Crippen LogP contribution is -2.01. The zero-order valence-electron chi connectivity index (χ0n) is 14.1. The second-order valence-electron chi connectivity index (χ2n) is 5.34. The number of nitrogens with zero attached hydrogens (tertiary/aromatic N) is 6. The van der Waals surface area contributed by atoms with Crippen LogP contribution in [0.1, 0.15) is 5.89 Å². The van der Waals surface area contributed by atoms with Gasteiger partial charge >= 0.3 is 0 Å². The van der Waals surface area contributed by atoms with E-state index in [1.807, 2.05) is 36.4 Å². The second kappa shape index (κ2) is 7.77. The smallest absolute Gasteiger partial charge is 0.247 e. The Morgan fingerprint density at radius 3 is 2.70 bits per heavy atom. The zero-order valence-corrected chi connectivity index (χ0v) is 15.7. The summed E-state index contributed by atoms with van der Waals surface area (Å²) in [6.45, 7) is 0. The molecule has 0 saturated carbocycles. The molecule has 0 aliphatic carbocycles. The molecule has 0 aliphatic heterocycles. The first-order valence-corrected chi connectivity index (χ1v) is 9.24. The number of halogens is 1. The van der Waals surface area contributed by atoms with Crippen molar-refractivity contribution in [1.82, 2.24) is 30.4 Å². The summed E-state index contributed by atoms with van der Waals surface area (Å²) in [7, 11) is 1.60. The van der Waals surface area contributed by atoms with Crippen LogP contribution in [-0.4, -0.2) is 37.5 Å². The predicted octanol–water partition coefficient (Wildman–Crippen LogP) is 3.67. The van der Waals surface area contributed by atoms with E-state index in [1.54, 1.807) is 23.9 Å². The molecule has 4 rings (SSSR count). The lowest BCUT2D eigenvalue weighted by atomic mass is 10.2. The van der Waals surface area contributed by atoms with Crippen molar-refractivity contribution in [2.24, 2.45) is 0 Å². The number of benzene rings is 2. The van der Waals surface area contributed by atoms with Gasteiger partial charge in [0.15, 0.2) is 0 Å². The van der Waals surface area contributed by atoms with Gasteiger partial charge in [0.1, 0.15) is 11.4 Å². The first-order valence-electron chi connectivity index (χ1n) is 7.87. The van der Waals surface area contributed by atoms with Crippen LogP contribution in [0.2, 0.25) is 5.02 Å². The number of rotatable bonds is 6. The molecular formula is C17H13ClN6O2S. The lowest BCUT2D eigenvalue weighted by Gasteiger charge is -2.08. The van der Waals surface area contributed by atoms with Gasteiger partial charge < -0.3 is 9.15 Å². The van der Waals surface area contributed by atoms with Gasteiger partial charge in [-0.2, -0.15) is 4.68 Å². The van der Waals surface area contributed by atoms with Crippen LogP contribution in [0.5, 0.6) is 5.75 Å². The third-order valence-electron chi connectivity index (χ3n) is 3.64. The van der Waals surface area contributed by atoms with Gasteiger partial charge in [0.05, 0.1) is 12.9 Å². The Balaban J connectivity index is 1.51. The third-order valence-corrected chi connectivity index (χ3v) is 4.79. The molecule has 27 heavy (non-hydrogen) atoms. The SMILES string of the molecule is COc1ccccc1-n1nnnc1SCc1nnc(-c2ccc(Cl)cc2)o1. The fraction of sp³-hybridized carbons (Fsp3) is 0.118. The normalized spacial score (nSPS) is 10.9. The molecule has 0 atom stereocenters. The Labute approximate surface area is 163 Å². The van der Waals surface area contributed by atoms with Crippen LogP contribution < -0.4 is 4.74 Å². The fourth-order valence-corrected chi connectivity index (χ4v) is 3.22. The van der Waals surface area contributed by atoms with Gasteiger partial charge in [-0.05, 0) is 46.8 Å². The van der Waals surface area contributed by atoms with Crippen LogP contribution in [0.4, 0.5) is 0 Å². The van der Waals surface area contributed by atoms with Crippen molar-refractivity contribution < 1.29 is 9.15 Å². The number of aromatic nitrogens is 6. The van der Waals surface area contributed by atoms with E-state index in [9.17, 15) is 0 Å². The molecule has 0 amide bonds. The highest BCUT2D eigenvalue weighted by molar-refractivity contribution is 7.98. The summed E-state index contributed by atoms with van der Waals surface area (Å²) in [6, 6.07) is 14.7. The molecule has 136 valence electrons. The topological polar surface area (TPSA) is 91.8 Å². The number of para-hydroxylation sites is 2. The first-order chi connectivity index (χ1) is 13.2. The van der Waals surface area contributed by atoms with Crippen molar-refractivity contribution in [3.05, 3.63) is 59.4 Å². The number of hydrogen-bond acceptors (Lipinski definition) is 8. The van der Waals surface area contributed by atoms with Crippen LogP contribution in [0.3, 0.4) is 0 Å². The van der Waals surface area contributed by atoms with Gasteiger partial charge in [0.25, 0.3) is 0 Å². The number of methoxy groups -OCH3 is 1. The average Bonchev–Trinajstić information content (AvgIpc) is 3.36. The molecule has 10 heteroatoms. The second-order valence-corrected chi connectivity index (χ2v) is 6.72. The molecule has 2 aromatic heterocycles. The molecule has 0 radical (unpaired) electrons. The maximum absolute atomic E-state index is 5.90. The van der Waals surface area contributed by atoms with E-state index < -0.39 is 0 Å². The van der Waals surface area contributed by atoms with Gasteiger partial charge in [0, 0.05) is 10.6 Å². The molecule has 0 fully saturated rings. The summed E-state index contributed by atoms with van der Waals surface area (Å²) in [4.78, 5) is 0. The van der Waals surface area contributed by atoms with Gasteiger partial charge in [0.2, 0.25) is 16.9 Å². The van der Waals surface area contributed by atoms with Crippen LogP contribution in [0.25, 0.3) is 17.1 Å². The molecule has 8 nitrogen and oxygen atoms in total. The standard InChI is InChI=1S/C17H13ClN6O2S/c1-25-14-5-3-2-4-13(14)24-17(21-22-23-24)27-10-15-19-20-16(26-15)11-6-8-12(18)9-7-11/h2-9H,10H2,1H3. The minimum Gasteiger partial charge on any atom is -0.494 e. The Kier molecular flexibility index (Phi) is 5.03. The van der Waals surface area contributed by atoms with E-state index in [-0.39, 0.29) is 0 Å². The van der Waals surface area contributed by atoms with Gasteiger partial charge in [-0.1, -0.05) is 35.5 Å². The molecule has 0 spiro atoms. The summed E-state index contributed by atoms with van der Waals surface area (Å²) >= 11 is 7.28. The van der Waals surface area contributed by atoms with E-state index in [0.29, 0.717) is 33.5 Å². The molecular weight excluding hydrogens is 388 g/mol. The van der Waals surface area contributed by atoms with Crippen molar-refractivity contribution >= 4 is 23.4 Å². The van der Waals surface area contributed by atoms with Crippen molar-refractivity contribution in [2.45, 2.75) is 10.9 Å². The maximum atomic E-state index is 5.90. The largest absolute Gasteiger partial charge is 0.494 e. The lowest BCUT2D eigenvalue weighted by molar-refractivity contribution is 0.410. The molecule has 0 N–H and O–H groups in total. The molecule has 2 heterocycles. The zero-order chi connectivity index (χ0) is 18.6. The summed E-state index contributed by atoms with van der Waals surface area (Å²) in [5.74, 6) is 2.01.